The van der Waals surface area contributed by atoms with E-state index in [0.29, 0.717) is 19.5 Å². The Morgan fingerprint density at radius 3 is 3.07 bits per heavy atom. The van der Waals surface area contributed by atoms with Crippen LogP contribution >= 0.6 is 0 Å². The summed E-state index contributed by atoms with van der Waals surface area (Å²) >= 11 is 0. The second kappa shape index (κ2) is 7.17. The lowest BCUT2D eigenvalue weighted by Crippen LogP contribution is -2.36. The van der Waals surface area contributed by atoms with Gasteiger partial charge in [-0.2, -0.15) is 0 Å². The molecule has 0 spiro atoms. The summed E-state index contributed by atoms with van der Waals surface area (Å²) in [4.78, 5) is 18.3. The number of rotatable bonds is 5. The summed E-state index contributed by atoms with van der Waals surface area (Å²) in [6, 6.07) is 10.4. The van der Waals surface area contributed by atoms with Crippen LogP contribution in [0.5, 0.6) is 0 Å². The fraction of sp³-hybridized carbons (Fsp3) is 0.318. The van der Waals surface area contributed by atoms with Crippen LogP contribution in [-0.4, -0.2) is 32.2 Å². The highest BCUT2D eigenvalue weighted by molar-refractivity contribution is 5.82. The maximum atomic E-state index is 13.8. The molecule has 0 radical (unpaired) electrons. The smallest absolute Gasteiger partial charge is 0.326 e. The number of aromatic amines is 2. The van der Waals surface area contributed by atoms with Crippen LogP contribution < -0.4 is 11.0 Å². The first-order chi connectivity index (χ1) is 14.1. The van der Waals surface area contributed by atoms with Crippen molar-refractivity contribution in [2.24, 2.45) is 0 Å². The topological polar surface area (TPSA) is 85.8 Å². The van der Waals surface area contributed by atoms with Crippen molar-refractivity contribution in [3.8, 4) is 0 Å². The molecule has 5 rings (SSSR count). The number of aliphatic hydroxyl groups is 1. The van der Waals surface area contributed by atoms with Crippen molar-refractivity contribution in [1.82, 2.24) is 19.9 Å². The predicted octanol–water partition coefficient (Wildman–Crippen LogP) is 2.98. The zero-order valence-electron chi connectivity index (χ0n) is 15.9. The van der Waals surface area contributed by atoms with E-state index in [0.717, 1.165) is 45.9 Å². The quantitative estimate of drug-likeness (QED) is 0.393. The summed E-state index contributed by atoms with van der Waals surface area (Å²) in [5, 5.41) is 15.3. The van der Waals surface area contributed by atoms with Crippen molar-refractivity contribution in [2.45, 2.75) is 38.0 Å². The van der Waals surface area contributed by atoms with Crippen LogP contribution in [0, 0.1) is 5.82 Å². The molecule has 29 heavy (non-hydrogen) atoms. The second-order valence-electron chi connectivity index (χ2n) is 7.73. The average Bonchev–Trinajstić information content (AvgIpc) is 3.26. The van der Waals surface area contributed by atoms with E-state index in [2.05, 4.69) is 15.3 Å². The van der Waals surface area contributed by atoms with Crippen molar-refractivity contribution in [3.05, 3.63) is 70.0 Å². The van der Waals surface area contributed by atoms with Gasteiger partial charge >= 0.3 is 5.69 Å². The zero-order valence-corrected chi connectivity index (χ0v) is 15.9. The summed E-state index contributed by atoms with van der Waals surface area (Å²) in [5.74, 6) is -0.223. The lowest BCUT2D eigenvalue weighted by molar-refractivity contribution is 0.125. The lowest BCUT2D eigenvalue weighted by Gasteiger charge is -2.22. The largest absolute Gasteiger partial charge is 0.387 e. The molecule has 7 heteroatoms. The molecule has 2 aromatic heterocycles. The van der Waals surface area contributed by atoms with Crippen molar-refractivity contribution >= 4 is 21.9 Å². The van der Waals surface area contributed by atoms with Crippen LogP contribution in [0.2, 0.25) is 0 Å². The van der Waals surface area contributed by atoms with Gasteiger partial charge in [-0.15, -0.1) is 0 Å². The number of nitrogens with zero attached hydrogens (tertiary/aromatic N) is 1. The molecular formula is C22H23FN4O2. The molecule has 150 valence electrons. The Hall–Kier alpha value is -2.90. The molecule has 6 nitrogen and oxygen atoms in total. The standard InChI is InChI=1S/C22H23FN4O2/c23-15-11-13(19-14(12-15)6-9-25-19)3-2-8-24-18-7-10-27-20-16(21(18)28)4-1-5-17(20)26-22(27)29/h1,4-6,9,11-12,18,21,24-25,28H,2-3,7-8,10H2,(H,26,29)/t18-,21-/m1/s1. The second-order valence-corrected chi connectivity index (χ2v) is 7.73. The number of halogens is 1. The number of aliphatic hydroxyl groups excluding tert-OH is 1. The number of aromatic nitrogens is 3. The van der Waals surface area contributed by atoms with E-state index >= 15 is 0 Å². The van der Waals surface area contributed by atoms with Crippen molar-refractivity contribution in [2.75, 3.05) is 6.54 Å². The van der Waals surface area contributed by atoms with Gasteiger partial charge in [-0.25, -0.2) is 9.18 Å². The molecule has 3 heterocycles. The number of hydrogen-bond acceptors (Lipinski definition) is 3. The van der Waals surface area contributed by atoms with Crippen LogP contribution in [0.25, 0.3) is 21.9 Å². The minimum atomic E-state index is -0.688. The van der Waals surface area contributed by atoms with E-state index in [1.807, 2.05) is 30.5 Å². The molecular weight excluding hydrogens is 371 g/mol. The lowest BCUT2D eigenvalue weighted by atomic mass is 9.99. The van der Waals surface area contributed by atoms with Crippen molar-refractivity contribution in [3.63, 3.8) is 0 Å². The van der Waals surface area contributed by atoms with E-state index in [1.54, 1.807) is 10.6 Å². The molecule has 0 fully saturated rings. The number of hydrogen-bond donors (Lipinski definition) is 4. The number of H-pyrrole nitrogens is 2. The number of fused-ring (bicyclic) bond motifs is 1. The van der Waals surface area contributed by atoms with Gasteiger partial charge in [-0.1, -0.05) is 12.1 Å². The van der Waals surface area contributed by atoms with Gasteiger partial charge in [0.2, 0.25) is 0 Å². The molecule has 0 aliphatic carbocycles. The molecule has 2 aromatic carbocycles. The van der Waals surface area contributed by atoms with E-state index < -0.39 is 6.10 Å². The fourth-order valence-corrected chi connectivity index (χ4v) is 4.53. The Morgan fingerprint density at radius 1 is 1.28 bits per heavy atom. The number of para-hydroxylation sites is 1. The number of aryl methyl sites for hydroxylation is 2. The third kappa shape index (κ3) is 3.16. The summed E-state index contributed by atoms with van der Waals surface area (Å²) in [6.45, 7) is 1.25. The van der Waals surface area contributed by atoms with E-state index in [-0.39, 0.29) is 17.5 Å². The van der Waals surface area contributed by atoms with Crippen molar-refractivity contribution in [1.29, 1.82) is 0 Å². The molecule has 4 N–H and O–H groups in total. The van der Waals surface area contributed by atoms with Crippen LogP contribution in [-0.2, 0) is 13.0 Å². The van der Waals surface area contributed by atoms with Gasteiger partial charge in [-0.3, -0.25) is 4.57 Å². The zero-order chi connectivity index (χ0) is 20.0. The minimum Gasteiger partial charge on any atom is -0.387 e. The van der Waals surface area contributed by atoms with E-state index in [4.69, 9.17) is 0 Å². The number of imidazole rings is 1. The van der Waals surface area contributed by atoms with E-state index in [9.17, 15) is 14.3 Å². The van der Waals surface area contributed by atoms with Crippen LogP contribution in [0.3, 0.4) is 0 Å². The predicted molar refractivity (Wildman–Crippen MR) is 111 cm³/mol. The molecule has 0 unspecified atom stereocenters. The molecule has 1 aliphatic rings. The van der Waals surface area contributed by atoms with Gasteiger partial charge in [0.1, 0.15) is 5.82 Å². The molecule has 0 amide bonds. The summed E-state index contributed by atoms with van der Waals surface area (Å²) in [5.41, 5.74) is 4.12. The Balaban J connectivity index is 1.28. The molecule has 4 aromatic rings. The number of benzene rings is 2. The third-order valence-corrected chi connectivity index (χ3v) is 5.92. The van der Waals surface area contributed by atoms with Crippen LogP contribution in [0.15, 0.2) is 47.4 Å². The van der Waals surface area contributed by atoms with Gasteiger partial charge in [0.15, 0.2) is 0 Å². The van der Waals surface area contributed by atoms with Gasteiger partial charge in [0.05, 0.1) is 17.1 Å². The molecule has 0 saturated carbocycles. The number of nitrogens with one attached hydrogen (secondary N) is 3. The van der Waals surface area contributed by atoms with Crippen LogP contribution in [0.1, 0.15) is 30.1 Å². The van der Waals surface area contributed by atoms with Gasteiger partial charge in [0.25, 0.3) is 0 Å². The molecule has 1 aliphatic heterocycles. The normalized spacial score (nSPS) is 19.1. The first-order valence-corrected chi connectivity index (χ1v) is 10.0. The monoisotopic (exact) mass is 394 g/mol. The van der Waals surface area contributed by atoms with E-state index in [1.165, 1.54) is 6.07 Å². The van der Waals surface area contributed by atoms with Crippen molar-refractivity contribution < 1.29 is 9.50 Å². The highest BCUT2D eigenvalue weighted by Crippen LogP contribution is 2.29. The fourth-order valence-electron chi connectivity index (χ4n) is 4.53. The molecule has 0 bridgehead atoms. The molecule has 0 saturated heterocycles. The first-order valence-electron chi connectivity index (χ1n) is 10.0. The molecule has 2 atom stereocenters. The maximum Gasteiger partial charge on any atom is 0.326 e. The SMILES string of the molecule is O=c1[nH]c2cccc3c2n1CC[C@@H](NCCCc1cc(F)cc2cc[nH]c12)[C@@H]3O. The summed E-state index contributed by atoms with van der Waals surface area (Å²) < 4.78 is 15.5. The maximum absolute atomic E-state index is 13.8. The Bertz CT molecular complexity index is 1240. The minimum absolute atomic E-state index is 0.138. The Morgan fingerprint density at radius 2 is 2.17 bits per heavy atom. The van der Waals surface area contributed by atoms with Gasteiger partial charge in [-0.05, 0) is 55.6 Å². The van der Waals surface area contributed by atoms with Gasteiger partial charge < -0.3 is 20.4 Å². The van der Waals surface area contributed by atoms with Crippen LogP contribution in [0.4, 0.5) is 4.39 Å². The highest BCUT2D eigenvalue weighted by Gasteiger charge is 2.27. The first kappa shape index (κ1) is 18.1. The Kier molecular flexibility index (Phi) is 4.49. The Labute approximate surface area is 166 Å². The third-order valence-electron chi connectivity index (χ3n) is 5.92. The van der Waals surface area contributed by atoms with Gasteiger partial charge in [0, 0.05) is 35.2 Å². The highest BCUT2D eigenvalue weighted by atomic mass is 19.1. The summed E-state index contributed by atoms with van der Waals surface area (Å²) in [6.07, 6.45) is 3.35. The summed E-state index contributed by atoms with van der Waals surface area (Å²) in [7, 11) is 0. The average molecular weight is 394 g/mol.